The molecule has 3 rings (SSSR count). The van der Waals surface area contributed by atoms with E-state index in [9.17, 15) is 9.50 Å². The highest BCUT2D eigenvalue weighted by Gasteiger charge is 2.24. The van der Waals surface area contributed by atoms with Crippen molar-refractivity contribution in [2.45, 2.75) is 6.23 Å². The number of halogens is 2. The maximum absolute atomic E-state index is 14.1. The van der Waals surface area contributed by atoms with Gasteiger partial charge in [0.15, 0.2) is 0 Å². The Kier molecular flexibility index (Phi) is 3.66. The molecule has 1 aliphatic heterocycles. The van der Waals surface area contributed by atoms with Gasteiger partial charge in [-0.05, 0) is 30.3 Å². The van der Waals surface area contributed by atoms with Crippen molar-refractivity contribution in [3.63, 3.8) is 0 Å². The van der Waals surface area contributed by atoms with Crippen molar-refractivity contribution in [3.05, 3.63) is 64.4 Å². The molecule has 0 saturated heterocycles. The smallest absolute Gasteiger partial charge is 0.146 e. The molecule has 0 fully saturated rings. The van der Waals surface area contributed by atoms with Crippen molar-refractivity contribution in [3.8, 4) is 0 Å². The minimum absolute atomic E-state index is 0.173. The van der Waals surface area contributed by atoms with Gasteiger partial charge in [0.25, 0.3) is 0 Å². The molecule has 1 heterocycles. The largest absolute Gasteiger partial charge is 0.372 e. The van der Waals surface area contributed by atoms with Crippen LogP contribution >= 0.6 is 11.6 Å². The fraction of sp³-hybridized carbons (Fsp3) is 0.188. The Hall–Kier alpha value is -1.91. The van der Waals surface area contributed by atoms with Gasteiger partial charge in [0.05, 0.1) is 12.3 Å². The number of aliphatic imine (C=N–C) groups is 1. The van der Waals surface area contributed by atoms with Gasteiger partial charge >= 0.3 is 0 Å². The summed E-state index contributed by atoms with van der Waals surface area (Å²) in [5, 5.41) is 10.6. The molecule has 21 heavy (non-hydrogen) atoms. The number of nitrogens with zero attached hydrogens (tertiary/aromatic N) is 2. The Bertz CT molecular complexity index is 717. The molecule has 108 valence electrons. The van der Waals surface area contributed by atoms with Gasteiger partial charge in [0.2, 0.25) is 0 Å². The Morgan fingerprint density at radius 2 is 2.00 bits per heavy atom. The van der Waals surface area contributed by atoms with Crippen LogP contribution in [0.3, 0.4) is 0 Å². The van der Waals surface area contributed by atoms with Gasteiger partial charge in [-0.3, -0.25) is 4.99 Å². The van der Waals surface area contributed by atoms with E-state index in [-0.39, 0.29) is 12.4 Å². The predicted octanol–water partition coefficient (Wildman–Crippen LogP) is 3.08. The molecule has 2 aromatic rings. The fourth-order valence-electron chi connectivity index (χ4n) is 2.43. The van der Waals surface area contributed by atoms with Gasteiger partial charge in [0.1, 0.15) is 12.0 Å². The van der Waals surface area contributed by atoms with Crippen LogP contribution in [-0.2, 0) is 0 Å². The SMILES string of the molecule is CN1c2ccc(Cl)cc2C(c2ccccc2F)=NCC1O. The van der Waals surface area contributed by atoms with Crippen LogP contribution in [0, 0.1) is 5.82 Å². The second-order valence-electron chi connectivity index (χ2n) is 4.92. The van der Waals surface area contributed by atoms with E-state index >= 15 is 0 Å². The Morgan fingerprint density at radius 1 is 1.24 bits per heavy atom. The summed E-state index contributed by atoms with van der Waals surface area (Å²) in [5.74, 6) is -0.346. The van der Waals surface area contributed by atoms with E-state index in [1.165, 1.54) is 6.07 Å². The average molecular weight is 305 g/mol. The number of hydrogen-bond donors (Lipinski definition) is 1. The molecule has 1 N–H and O–H groups in total. The van der Waals surface area contributed by atoms with Gasteiger partial charge < -0.3 is 10.0 Å². The lowest BCUT2D eigenvalue weighted by atomic mass is 10.00. The number of benzene rings is 2. The lowest BCUT2D eigenvalue weighted by molar-refractivity contribution is 0.184. The first-order valence-electron chi connectivity index (χ1n) is 6.58. The van der Waals surface area contributed by atoms with Crippen LogP contribution in [0.25, 0.3) is 0 Å². The highest BCUT2D eigenvalue weighted by molar-refractivity contribution is 6.31. The molecule has 0 bridgehead atoms. The summed E-state index contributed by atoms with van der Waals surface area (Å²) in [6.45, 7) is 0.173. The van der Waals surface area contributed by atoms with E-state index < -0.39 is 6.23 Å². The van der Waals surface area contributed by atoms with Crippen molar-refractivity contribution >= 4 is 23.0 Å². The third kappa shape index (κ3) is 2.52. The zero-order valence-corrected chi connectivity index (χ0v) is 12.2. The van der Waals surface area contributed by atoms with Crippen LogP contribution in [0.4, 0.5) is 10.1 Å². The lowest BCUT2D eigenvalue weighted by Gasteiger charge is -2.24. The second kappa shape index (κ2) is 5.47. The fourth-order valence-corrected chi connectivity index (χ4v) is 2.60. The maximum Gasteiger partial charge on any atom is 0.146 e. The van der Waals surface area contributed by atoms with E-state index in [1.807, 2.05) is 6.07 Å². The Labute approximate surface area is 127 Å². The first kappa shape index (κ1) is 14.0. The van der Waals surface area contributed by atoms with Crippen LogP contribution in [0.5, 0.6) is 0 Å². The maximum atomic E-state index is 14.1. The van der Waals surface area contributed by atoms with Crippen LogP contribution in [0.15, 0.2) is 47.5 Å². The van der Waals surface area contributed by atoms with Crippen molar-refractivity contribution in [1.82, 2.24) is 0 Å². The summed E-state index contributed by atoms with van der Waals surface area (Å²) >= 11 is 6.08. The number of rotatable bonds is 1. The molecule has 2 aromatic carbocycles. The highest BCUT2D eigenvalue weighted by Crippen LogP contribution is 2.30. The summed E-state index contributed by atoms with van der Waals surface area (Å²) in [6.07, 6.45) is -0.755. The minimum atomic E-state index is -0.755. The summed E-state index contributed by atoms with van der Waals surface area (Å²) in [4.78, 5) is 6.11. The summed E-state index contributed by atoms with van der Waals surface area (Å²) in [7, 11) is 1.78. The zero-order chi connectivity index (χ0) is 15.0. The molecule has 0 radical (unpaired) electrons. The molecule has 3 nitrogen and oxygen atoms in total. The molecule has 1 aliphatic rings. The van der Waals surface area contributed by atoms with Crippen molar-refractivity contribution in [2.75, 3.05) is 18.5 Å². The molecular weight excluding hydrogens is 291 g/mol. The molecule has 0 saturated carbocycles. The number of hydrogen-bond acceptors (Lipinski definition) is 3. The van der Waals surface area contributed by atoms with Crippen LogP contribution in [0.1, 0.15) is 11.1 Å². The third-order valence-corrected chi connectivity index (χ3v) is 3.82. The van der Waals surface area contributed by atoms with E-state index in [1.54, 1.807) is 42.3 Å². The average Bonchev–Trinajstić information content (AvgIpc) is 2.59. The molecule has 0 spiro atoms. The summed E-state index contributed by atoms with van der Waals surface area (Å²) in [5.41, 5.74) is 2.40. The molecule has 0 aromatic heterocycles. The van der Waals surface area contributed by atoms with Gasteiger partial charge in [-0.1, -0.05) is 23.7 Å². The van der Waals surface area contributed by atoms with E-state index in [4.69, 9.17) is 11.6 Å². The van der Waals surface area contributed by atoms with Gasteiger partial charge in [-0.25, -0.2) is 4.39 Å². The number of fused-ring (bicyclic) bond motifs is 1. The van der Waals surface area contributed by atoms with E-state index in [0.29, 0.717) is 21.9 Å². The number of benzodiazepines with no additional fused rings is 1. The highest BCUT2D eigenvalue weighted by atomic mass is 35.5. The topological polar surface area (TPSA) is 35.8 Å². The standard InChI is InChI=1S/C16H14ClFN2O/c1-20-14-7-6-10(17)8-12(14)16(19-9-15(20)21)11-4-2-3-5-13(11)18/h2-8,15,21H,9H2,1H3. The number of aliphatic hydroxyl groups is 1. The molecular formula is C16H14ClFN2O. The lowest BCUT2D eigenvalue weighted by Crippen LogP contribution is -2.33. The summed E-state index contributed by atoms with van der Waals surface area (Å²) < 4.78 is 14.1. The van der Waals surface area contributed by atoms with Crippen LogP contribution < -0.4 is 4.90 Å². The molecule has 0 aliphatic carbocycles. The monoisotopic (exact) mass is 304 g/mol. The quantitative estimate of drug-likeness (QED) is 0.879. The third-order valence-electron chi connectivity index (χ3n) is 3.58. The Balaban J connectivity index is 2.24. The number of likely N-dealkylation sites (N-methyl/N-ethyl adjacent to an activating group) is 1. The first-order valence-corrected chi connectivity index (χ1v) is 6.96. The Morgan fingerprint density at radius 3 is 2.76 bits per heavy atom. The van der Waals surface area contributed by atoms with Gasteiger partial charge in [-0.15, -0.1) is 0 Å². The predicted molar refractivity (Wildman–Crippen MR) is 82.8 cm³/mol. The number of anilines is 1. The molecule has 1 unspecified atom stereocenters. The molecule has 1 atom stereocenters. The zero-order valence-electron chi connectivity index (χ0n) is 11.4. The summed E-state index contributed by atoms with van der Waals surface area (Å²) in [6, 6.07) is 11.8. The van der Waals surface area contributed by atoms with Crippen LogP contribution in [0.2, 0.25) is 5.02 Å². The molecule has 5 heteroatoms. The molecule has 0 amide bonds. The van der Waals surface area contributed by atoms with Crippen molar-refractivity contribution < 1.29 is 9.50 Å². The van der Waals surface area contributed by atoms with Crippen molar-refractivity contribution in [2.24, 2.45) is 4.99 Å². The van der Waals surface area contributed by atoms with E-state index in [0.717, 1.165) is 5.69 Å². The van der Waals surface area contributed by atoms with Crippen molar-refractivity contribution in [1.29, 1.82) is 0 Å². The van der Waals surface area contributed by atoms with Gasteiger partial charge in [-0.2, -0.15) is 0 Å². The second-order valence-corrected chi connectivity index (χ2v) is 5.36. The minimum Gasteiger partial charge on any atom is -0.372 e. The first-order chi connectivity index (χ1) is 10.1. The van der Waals surface area contributed by atoms with E-state index in [2.05, 4.69) is 4.99 Å². The van der Waals surface area contributed by atoms with Gasteiger partial charge in [0, 0.05) is 28.9 Å². The number of aliphatic hydroxyl groups excluding tert-OH is 1. The normalized spacial score (nSPS) is 18.0. The van der Waals surface area contributed by atoms with Crippen LogP contribution in [-0.4, -0.2) is 30.6 Å².